The van der Waals surface area contributed by atoms with Crippen LogP contribution in [0.4, 0.5) is 0 Å². The van der Waals surface area contributed by atoms with Crippen molar-refractivity contribution >= 4 is 68.3 Å². The highest BCUT2D eigenvalue weighted by Crippen LogP contribution is 2.19. The molecule has 0 spiro atoms. The maximum Gasteiger partial charge on any atom is 0.184 e. The lowest BCUT2D eigenvalue weighted by molar-refractivity contribution is 0.154. The van der Waals surface area contributed by atoms with Gasteiger partial charge in [0.2, 0.25) is 0 Å². The van der Waals surface area contributed by atoms with E-state index < -0.39 is 57.1 Å². The summed E-state index contributed by atoms with van der Waals surface area (Å²) in [7, 11) is -8.57. The fourth-order valence-corrected chi connectivity index (χ4v) is 11.5. The Kier molecular flexibility index (Phi) is 48.6. The van der Waals surface area contributed by atoms with Gasteiger partial charge in [0.15, 0.2) is 49.9 Å². The largest absolute Gasteiger partial charge is 0.417 e. The third-order valence-electron chi connectivity index (χ3n) is 5.87. The quantitative estimate of drug-likeness (QED) is 0.0574. The van der Waals surface area contributed by atoms with E-state index in [-0.39, 0.29) is 11.7 Å². The van der Waals surface area contributed by atoms with Gasteiger partial charge in [0.1, 0.15) is 7.22 Å². The van der Waals surface area contributed by atoms with Crippen molar-refractivity contribution in [3.63, 3.8) is 0 Å². The van der Waals surface area contributed by atoms with Crippen molar-refractivity contribution in [2.45, 2.75) is 197 Å². The van der Waals surface area contributed by atoms with Crippen LogP contribution < -0.4 is 0 Å². The standard InChI is InChI=1S/2C8H18OSi.3C7H16OSi.C6H14OSi.C6H14SSi/c1-8(2)6-7-9-10(3,4)5;1-7-8(2,3)9-10(4,5)6;1-7(2)6-8-9(3,4)5;1-6-7(2)8-9(3,4)5;1-5-6-7-8-9(2,3)4;2*1-5-6-7-8(2,3)4/h1,6-7H2,2-5H3;7H,1H2,2-6H3;1,6H2,2-5H3;6-7H,1H2,2-5H3;5H,1,6-7H2,2-4H3;2*5H,1,6H2,2-4H3. The smallest absolute Gasteiger partial charge is 0.184 e. The van der Waals surface area contributed by atoms with E-state index in [1.165, 1.54) is 5.57 Å². The van der Waals surface area contributed by atoms with Crippen LogP contribution in [0.25, 0.3) is 0 Å². The van der Waals surface area contributed by atoms with Crippen molar-refractivity contribution < 1.29 is 26.6 Å². The molecule has 14 heteroatoms. The Morgan fingerprint density at radius 1 is 0.540 bits per heavy atom. The molecule has 0 aromatic carbocycles. The first-order chi connectivity index (χ1) is 27.7. The Morgan fingerprint density at radius 2 is 0.952 bits per heavy atom. The molecule has 0 amide bonds. The predicted octanol–water partition coefficient (Wildman–Crippen LogP) is 17.6. The van der Waals surface area contributed by atoms with Crippen LogP contribution in [-0.4, -0.2) is 101 Å². The fourth-order valence-electron chi connectivity index (χ4n) is 3.37. The molecular weight excluding hydrogens is 913 g/mol. The van der Waals surface area contributed by atoms with Gasteiger partial charge >= 0.3 is 0 Å². The first kappa shape index (κ1) is 77.0. The van der Waals surface area contributed by atoms with Crippen LogP contribution in [0.5, 0.6) is 0 Å². The molecule has 0 bridgehead atoms. The summed E-state index contributed by atoms with van der Waals surface area (Å²) < 4.78 is 33.5. The molecule has 0 aliphatic carbocycles. The molecule has 6 nitrogen and oxygen atoms in total. The molecule has 0 aromatic heterocycles. The molecule has 378 valence electrons. The summed E-state index contributed by atoms with van der Waals surface area (Å²) in [6.45, 7) is 85.3. The molecule has 1 unspecified atom stereocenters. The Labute approximate surface area is 408 Å². The molecule has 0 saturated carbocycles. The third-order valence-corrected chi connectivity index (χ3v) is 16.6. The number of hydrogen-bond acceptors (Lipinski definition) is 7. The molecule has 0 rings (SSSR count). The maximum atomic E-state index is 5.80. The lowest BCUT2D eigenvalue weighted by Crippen LogP contribution is -2.36. The second-order valence-corrected chi connectivity index (χ2v) is 59.0. The van der Waals surface area contributed by atoms with E-state index >= 15 is 0 Å². The fraction of sp³-hybridized carbons (Fsp3) is 0.714. The second-order valence-electron chi connectivity index (χ2n) is 22.7. The van der Waals surface area contributed by atoms with Gasteiger partial charge in [-0.15, -0.1) is 39.5 Å². The molecule has 0 aromatic rings. The van der Waals surface area contributed by atoms with Gasteiger partial charge in [0.25, 0.3) is 0 Å². The minimum absolute atomic E-state index is 0.148. The van der Waals surface area contributed by atoms with E-state index in [9.17, 15) is 0 Å². The molecule has 0 fully saturated rings. The molecule has 0 aliphatic heterocycles. The normalized spacial score (nSPS) is 12.3. The minimum atomic E-state index is -1.38. The molecule has 0 saturated heterocycles. The summed E-state index contributed by atoms with van der Waals surface area (Å²) >= 11 is 2.05. The van der Waals surface area contributed by atoms with Gasteiger partial charge in [-0.3, -0.25) is 0 Å². The minimum Gasteiger partial charge on any atom is -0.417 e. The van der Waals surface area contributed by atoms with Crippen LogP contribution in [0, 0.1) is 0 Å². The van der Waals surface area contributed by atoms with E-state index in [0.717, 1.165) is 44.0 Å². The number of rotatable bonds is 23. The van der Waals surface area contributed by atoms with Crippen LogP contribution >= 0.6 is 11.2 Å². The molecule has 0 radical (unpaired) electrons. The van der Waals surface area contributed by atoms with Crippen LogP contribution in [0.2, 0.25) is 137 Å². The average Bonchev–Trinajstić information content (AvgIpc) is 3.03. The molecule has 0 N–H and O–H groups in total. The van der Waals surface area contributed by atoms with Crippen molar-refractivity contribution in [3.8, 4) is 0 Å². The van der Waals surface area contributed by atoms with E-state index in [2.05, 4.69) is 195 Å². The summed E-state index contributed by atoms with van der Waals surface area (Å²) in [4.78, 5) is 0. The molecular formula is C49H112O6SSi7. The summed E-state index contributed by atoms with van der Waals surface area (Å²) in [5.41, 5.74) is 2.17. The molecule has 63 heavy (non-hydrogen) atoms. The molecule has 1 atom stereocenters. The lowest BCUT2D eigenvalue weighted by Gasteiger charge is -2.29. The summed E-state index contributed by atoms with van der Waals surface area (Å²) in [6.07, 6.45) is 11.5. The van der Waals surface area contributed by atoms with Crippen molar-refractivity contribution in [1.82, 2.24) is 0 Å². The predicted molar refractivity (Wildman–Crippen MR) is 315 cm³/mol. The Hall–Kier alpha value is -0.192. The van der Waals surface area contributed by atoms with Crippen molar-refractivity contribution in [3.05, 3.63) is 87.6 Å². The van der Waals surface area contributed by atoms with E-state index in [1.54, 1.807) is 6.08 Å². The van der Waals surface area contributed by atoms with E-state index in [1.807, 2.05) is 58.9 Å². The van der Waals surface area contributed by atoms with Gasteiger partial charge in [0, 0.05) is 19.0 Å². The van der Waals surface area contributed by atoms with E-state index in [0.29, 0.717) is 6.61 Å². The second kappa shape index (κ2) is 39.8. The highest BCUT2D eigenvalue weighted by atomic mass is 32.4. The Morgan fingerprint density at radius 3 is 1.13 bits per heavy atom. The zero-order valence-corrected chi connectivity index (χ0v) is 55.0. The number of hydrogen-bond donors (Lipinski definition) is 0. The van der Waals surface area contributed by atoms with Gasteiger partial charge in [-0.2, -0.15) is 11.2 Å². The van der Waals surface area contributed by atoms with Crippen molar-refractivity contribution in [1.29, 1.82) is 0 Å². The maximum absolute atomic E-state index is 5.80. The van der Waals surface area contributed by atoms with Gasteiger partial charge < -0.3 is 26.6 Å². The highest BCUT2D eigenvalue weighted by molar-refractivity contribution is 8.28. The highest BCUT2D eigenvalue weighted by Gasteiger charge is 2.24. The first-order valence-electron chi connectivity index (χ1n) is 22.7. The lowest BCUT2D eigenvalue weighted by atomic mass is 10.1. The monoisotopic (exact) mass is 1020 g/mol. The van der Waals surface area contributed by atoms with E-state index in [4.69, 9.17) is 26.6 Å². The average molecular weight is 1030 g/mol. The summed E-state index contributed by atoms with van der Waals surface area (Å²) in [5, 5.41) is 0. The third kappa shape index (κ3) is 110. The SMILES string of the molecule is C=C(C)CCO[Si](C)(C)C.C=C(C)CO[Si](C)(C)C.C=CC(C)(C)O[Si](C)(C)C.C=CC(C)O[Si](C)(C)C.C=CCCO[Si](C)(C)C.C=CCO[Si](C)(C)C.C=CCS[Si](C)(C)C. The Bertz CT molecular complexity index is 1160. The molecule has 0 aliphatic rings. The molecule has 0 heterocycles. The van der Waals surface area contributed by atoms with Gasteiger partial charge in [-0.05, 0) is 165 Å². The van der Waals surface area contributed by atoms with Crippen molar-refractivity contribution in [2.75, 3.05) is 32.2 Å². The van der Waals surface area contributed by atoms with Crippen LogP contribution in [0.3, 0.4) is 0 Å². The first-order valence-corrected chi connectivity index (χ1v) is 48.4. The van der Waals surface area contributed by atoms with Crippen molar-refractivity contribution in [2.24, 2.45) is 0 Å². The van der Waals surface area contributed by atoms with Crippen LogP contribution in [0.1, 0.15) is 47.5 Å². The zero-order chi connectivity index (χ0) is 52.2. The van der Waals surface area contributed by atoms with Crippen LogP contribution in [0.15, 0.2) is 87.6 Å². The summed E-state index contributed by atoms with van der Waals surface area (Å²) in [6, 6.07) is 0. The van der Waals surface area contributed by atoms with Crippen LogP contribution in [-0.2, 0) is 26.6 Å². The topological polar surface area (TPSA) is 55.4 Å². The zero-order valence-electron chi connectivity index (χ0n) is 47.2. The Balaban J connectivity index is -0.000000116. The van der Waals surface area contributed by atoms with Gasteiger partial charge in [-0.1, -0.05) is 67.7 Å². The van der Waals surface area contributed by atoms with Gasteiger partial charge in [-0.25, -0.2) is 0 Å². The summed E-state index contributed by atoms with van der Waals surface area (Å²) in [5.74, 6) is 1.12. The van der Waals surface area contributed by atoms with Gasteiger partial charge in [0.05, 0.1) is 24.9 Å².